The van der Waals surface area contributed by atoms with Crippen molar-refractivity contribution in [1.82, 2.24) is 10.3 Å². The minimum Gasteiger partial charge on any atom is -0.381 e. The molecule has 17 heavy (non-hydrogen) atoms. The van der Waals surface area contributed by atoms with Crippen LogP contribution in [0, 0.1) is 5.92 Å². The Morgan fingerprint density at radius 2 is 2.35 bits per heavy atom. The quantitative estimate of drug-likeness (QED) is 0.847. The van der Waals surface area contributed by atoms with Gasteiger partial charge in [0.2, 0.25) is 0 Å². The van der Waals surface area contributed by atoms with E-state index in [2.05, 4.69) is 17.2 Å². The molecule has 1 aliphatic heterocycles. The zero-order valence-corrected chi connectivity index (χ0v) is 11.3. The zero-order valence-electron chi connectivity index (χ0n) is 10.5. The molecule has 2 rings (SSSR count). The fourth-order valence-electron chi connectivity index (χ4n) is 2.41. The molecule has 1 saturated heterocycles. The van der Waals surface area contributed by atoms with E-state index < -0.39 is 0 Å². The topological polar surface area (TPSA) is 34.2 Å². The van der Waals surface area contributed by atoms with E-state index in [9.17, 15) is 0 Å². The largest absolute Gasteiger partial charge is 0.381 e. The molecule has 0 aliphatic carbocycles. The highest BCUT2D eigenvalue weighted by Gasteiger charge is 2.23. The van der Waals surface area contributed by atoms with Crippen molar-refractivity contribution < 1.29 is 4.74 Å². The van der Waals surface area contributed by atoms with Crippen LogP contribution in [-0.4, -0.2) is 30.8 Å². The Labute approximate surface area is 108 Å². The molecule has 0 aromatic carbocycles. The minimum absolute atomic E-state index is 0.597. The third-order valence-corrected chi connectivity index (χ3v) is 4.20. The van der Waals surface area contributed by atoms with E-state index in [1.807, 2.05) is 11.7 Å². The first-order chi connectivity index (χ1) is 8.40. The van der Waals surface area contributed by atoms with Crippen molar-refractivity contribution in [2.75, 3.05) is 19.8 Å². The molecule has 0 bridgehead atoms. The van der Waals surface area contributed by atoms with E-state index in [1.54, 1.807) is 11.3 Å². The Bertz CT molecular complexity index is 296. The summed E-state index contributed by atoms with van der Waals surface area (Å²) in [4.78, 5) is 5.56. The van der Waals surface area contributed by atoms with Crippen LogP contribution >= 0.6 is 11.3 Å². The number of ether oxygens (including phenoxy) is 1. The molecule has 1 atom stereocenters. The van der Waals surface area contributed by atoms with Crippen LogP contribution in [0.1, 0.15) is 31.1 Å². The van der Waals surface area contributed by atoms with Crippen molar-refractivity contribution in [3.8, 4) is 0 Å². The molecule has 3 nitrogen and oxygen atoms in total. The summed E-state index contributed by atoms with van der Waals surface area (Å²) in [5.41, 5.74) is 1.93. The number of nitrogens with zero attached hydrogens (tertiary/aromatic N) is 1. The molecule has 1 N–H and O–H groups in total. The van der Waals surface area contributed by atoms with Crippen molar-refractivity contribution in [2.45, 2.75) is 38.6 Å². The maximum absolute atomic E-state index is 5.45. The molecule has 96 valence electrons. The van der Waals surface area contributed by atoms with Crippen LogP contribution in [0.4, 0.5) is 0 Å². The van der Waals surface area contributed by atoms with Crippen molar-refractivity contribution in [3.05, 3.63) is 16.6 Å². The molecule has 0 saturated carbocycles. The lowest BCUT2D eigenvalue weighted by molar-refractivity contribution is 0.0539. The highest BCUT2D eigenvalue weighted by Crippen LogP contribution is 2.22. The lowest BCUT2D eigenvalue weighted by Gasteiger charge is -2.30. The van der Waals surface area contributed by atoms with Crippen LogP contribution < -0.4 is 5.32 Å². The van der Waals surface area contributed by atoms with E-state index in [0.29, 0.717) is 6.04 Å². The summed E-state index contributed by atoms with van der Waals surface area (Å²) >= 11 is 1.77. The third-order valence-electron chi connectivity index (χ3n) is 3.40. The Hall–Kier alpha value is -0.450. The lowest BCUT2D eigenvalue weighted by Crippen LogP contribution is -2.40. The molecule has 0 spiro atoms. The number of hydrogen-bond donors (Lipinski definition) is 1. The number of thiazole rings is 1. The molecule has 1 aromatic rings. The maximum Gasteiger partial charge on any atom is 0.0794 e. The van der Waals surface area contributed by atoms with Crippen LogP contribution in [-0.2, 0) is 11.2 Å². The summed E-state index contributed by atoms with van der Waals surface area (Å²) in [6.45, 7) is 5.19. The normalized spacial score (nSPS) is 19.4. The Kier molecular flexibility index (Phi) is 5.42. The molecule has 1 fully saturated rings. The SMILES string of the molecule is CCCNC(Cc1cncs1)C1CCOCC1. The van der Waals surface area contributed by atoms with Crippen LogP contribution in [0.3, 0.4) is 0 Å². The van der Waals surface area contributed by atoms with Gasteiger partial charge in [0.25, 0.3) is 0 Å². The van der Waals surface area contributed by atoms with Gasteiger partial charge in [0.1, 0.15) is 0 Å². The first-order valence-electron chi connectivity index (χ1n) is 6.58. The van der Waals surface area contributed by atoms with E-state index in [4.69, 9.17) is 4.74 Å². The Morgan fingerprint density at radius 1 is 1.53 bits per heavy atom. The number of hydrogen-bond acceptors (Lipinski definition) is 4. The van der Waals surface area contributed by atoms with E-state index in [0.717, 1.165) is 32.1 Å². The average Bonchev–Trinajstić information content (AvgIpc) is 2.88. The Balaban J connectivity index is 1.91. The second-order valence-electron chi connectivity index (χ2n) is 4.68. The third kappa shape index (κ3) is 4.05. The highest BCUT2D eigenvalue weighted by molar-refractivity contribution is 7.09. The predicted octanol–water partition coefficient (Wildman–Crippen LogP) is 2.48. The monoisotopic (exact) mass is 254 g/mol. The minimum atomic E-state index is 0.597. The first kappa shape index (κ1) is 13.0. The fraction of sp³-hybridized carbons (Fsp3) is 0.769. The van der Waals surface area contributed by atoms with Crippen molar-refractivity contribution in [2.24, 2.45) is 5.92 Å². The molecule has 2 heterocycles. The van der Waals surface area contributed by atoms with Gasteiger partial charge in [-0.05, 0) is 38.1 Å². The van der Waals surface area contributed by atoms with Crippen molar-refractivity contribution >= 4 is 11.3 Å². The lowest BCUT2D eigenvalue weighted by atomic mass is 9.89. The molecule has 1 aliphatic rings. The van der Waals surface area contributed by atoms with Gasteiger partial charge >= 0.3 is 0 Å². The van der Waals surface area contributed by atoms with Gasteiger partial charge in [0.15, 0.2) is 0 Å². The second-order valence-corrected chi connectivity index (χ2v) is 5.65. The molecule has 4 heteroatoms. The van der Waals surface area contributed by atoms with Crippen molar-refractivity contribution in [3.63, 3.8) is 0 Å². The zero-order chi connectivity index (χ0) is 11.9. The summed E-state index contributed by atoms with van der Waals surface area (Å²) < 4.78 is 5.45. The van der Waals surface area contributed by atoms with E-state index >= 15 is 0 Å². The smallest absolute Gasteiger partial charge is 0.0794 e. The average molecular weight is 254 g/mol. The standard InChI is InChI=1S/C13H22N2OS/c1-2-5-15-13(8-12-9-14-10-17-12)11-3-6-16-7-4-11/h9-11,13,15H,2-8H2,1H3. The second kappa shape index (κ2) is 7.09. The van der Waals surface area contributed by atoms with E-state index in [1.165, 1.54) is 24.1 Å². The van der Waals surface area contributed by atoms with Crippen LogP contribution in [0.2, 0.25) is 0 Å². The van der Waals surface area contributed by atoms with Crippen molar-refractivity contribution in [1.29, 1.82) is 0 Å². The summed E-state index contributed by atoms with van der Waals surface area (Å²) in [6.07, 6.45) is 6.71. The Morgan fingerprint density at radius 3 is 3.00 bits per heavy atom. The van der Waals surface area contributed by atoms with Gasteiger partial charge in [0, 0.05) is 30.3 Å². The molecular weight excluding hydrogens is 232 g/mol. The van der Waals surface area contributed by atoms with Crippen LogP contribution in [0.5, 0.6) is 0 Å². The first-order valence-corrected chi connectivity index (χ1v) is 7.46. The van der Waals surface area contributed by atoms with Crippen LogP contribution in [0.15, 0.2) is 11.7 Å². The summed E-state index contributed by atoms with van der Waals surface area (Å²) in [7, 11) is 0. The van der Waals surface area contributed by atoms with Gasteiger partial charge in [-0.1, -0.05) is 6.92 Å². The maximum atomic E-state index is 5.45. The fourth-order valence-corrected chi connectivity index (χ4v) is 3.07. The predicted molar refractivity (Wildman–Crippen MR) is 71.4 cm³/mol. The number of rotatable bonds is 6. The highest BCUT2D eigenvalue weighted by atomic mass is 32.1. The molecule has 0 radical (unpaired) electrons. The molecule has 0 amide bonds. The van der Waals surface area contributed by atoms with Crippen LogP contribution in [0.25, 0.3) is 0 Å². The molecule has 1 unspecified atom stereocenters. The van der Waals surface area contributed by atoms with Gasteiger partial charge < -0.3 is 10.1 Å². The van der Waals surface area contributed by atoms with Gasteiger partial charge in [-0.15, -0.1) is 11.3 Å². The summed E-state index contributed by atoms with van der Waals surface area (Å²) in [6, 6.07) is 0.597. The number of aromatic nitrogens is 1. The van der Waals surface area contributed by atoms with Gasteiger partial charge in [-0.2, -0.15) is 0 Å². The van der Waals surface area contributed by atoms with Gasteiger partial charge in [-0.25, -0.2) is 0 Å². The molecular formula is C13H22N2OS. The number of nitrogens with one attached hydrogen (secondary N) is 1. The molecule has 1 aromatic heterocycles. The summed E-state index contributed by atoms with van der Waals surface area (Å²) in [5, 5.41) is 3.70. The van der Waals surface area contributed by atoms with Gasteiger partial charge in [0.05, 0.1) is 5.51 Å². The summed E-state index contributed by atoms with van der Waals surface area (Å²) in [5.74, 6) is 0.761. The van der Waals surface area contributed by atoms with E-state index in [-0.39, 0.29) is 0 Å². The van der Waals surface area contributed by atoms with Gasteiger partial charge in [-0.3, -0.25) is 4.98 Å².